The number of hydrogen-bond acceptors (Lipinski definition) is 3. The van der Waals surface area contributed by atoms with Crippen molar-refractivity contribution in [3.63, 3.8) is 0 Å². The van der Waals surface area contributed by atoms with Crippen molar-refractivity contribution < 1.29 is 4.79 Å². The second-order valence-electron chi connectivity index (χ2n) is 7.09. The van der Waals surface area contributed by atoms with Gasteiger partial charge in [-0.2, -0.15) is 0 Å². The monoisotopic (exact) mass is 288 g/mol. The Kier molecular flexibility index (Phi) is 5.17. The number of benzene rings is 1. The third-order valence-electron chi connectivity index (χ3n) is 4.33. The quantitative estimate of drug-likeness (QED) is 0.865. The molecule has 1 atom stereocenters. The van der Waals surface area contributed by atoms with Gasteiger partial charge in [0.25, 0.3) is 0 Å². The molecule has 2 rings (SSSR count). The number of hydrogen-bond donors (Lipinski definition) is 1. The first-order valence-corrected chi connectivity index (χ1v) is 7.96. The molecule has 1 aromatic carbocycles. The Labute approximate surface area is 128 Å². The van der Waals surface area contributed by atoms with E-state index in [0.717, 1.165) is 31.7 Å². The minimum Gasteiger partial charge on any atom is -0.314 e. The molecule has 0 spiro atoms. The number of carbonyl (C=O) groups excluding carboxylic acids is 1. The molecule has 1 aliphatic rings. The number of nitrogens with zero attached hydrogens (tertiary/aromatic N) is 1. The number of ketones is 1. The summed E-state index contributed by atoms with van der Waals surface area (Å²) in [5, 5.41) is 3.35. The Morgan fingerprint density at radius 2 is 1.76 bits per heavy atom. The van der Waals surface area contributed by atoms with Crippen molar-refractivity contribution in [2.75, 3.05) is 26.2 Å². The smallest absolute Gasteiger partial charge is 0.164 e. The number of nitrogens with one attached hydrogen (secondary N) is 1. The summed E-state index contributed by atoms with van der Waals surface area (Å²) in [5.74, 6) is 0.251. The van der Waals surface area contributed by atoms with E-state index in [4.69, 9.17) is 0 Å². The number of rotatable bonds is 4. The standard InChI is InChI=1S/C18H28N2O/c1-14(20-11-9-19-10-12-20)13-17(21)15-5-7-16(8-6-15)18(2,3)4/h5-8,14,19H,9-13H2,1-4H3. The van der Waals surface area contributed by atoms with Crippen LogP contribution in [0, 0.1) is 0 Å². The van der Waals surface area contributed by atoms with Gasteiger partial charge in [0.1, 0.15) is 0 Å². The van der Waals surface area contributed by atoms with Crippen molar-refractivity contribution in [1.29, 1.82) is 0 Å². The topological polar surface area (TPSA) is 32.3 Å². The zero-order chi connectivity index (χ0) is 15.5. The molecule has 1 saturated heterocycles. The first-order valence-electron chi connectivity index (χ1n) is 7.96. The summed E-state index contributed by atoms with van der Waals surface area (Å²) >= 11 is 0. The van der Waals surface area contributed by atoms with Gasteiger partial charge in [0.15, 0.2) is 5.78 Å². The summed E-state index contributed by atoms with van der Waals surface area (Å²) in [6.07, 6.45) is 0.606. The minimum atomic E-state index is 0.135. The molecule has 1 heterocycles. The molecule has 0 radical (unpaired) electrons. The molecule has 1 fully saturated rings. The second kappa shape index (κ2) is 6.71. The largest absolute Gasteiger partial charge is 0.314 e. The van der Waals surface area contributed by atoms with Crippen LogP contribution < -0.4 is 5.32 Å². The lowest BCUT2D eigenvalue weighted by Gasteiger charge is -2.32. The lowest BCUT2D eigenvalue weighted by atomic mass is 9.86. The summed E-state index contributed by atoms with van der Waals surface area (Å²) in [7, 11) is 0. The van der Waals surface area contributed by atoms with E-state index in [1.807, 2.05) is 12.1 Å². The van der Waals surface area contributed by atoms with Crippen LogP contribution in [0.5, 0.6) is 0 Å². The van der Waals surface area contributed by atoms with Crippen LogP contribution in [0.25, 0.3) is 0 Å². The molecule has 3 nitrogen and oxygen atoms in total. The minimum absolute atomic E-state index is 0.135. The lowest BCUT2D eigenvalue weighted by Crippen LogP contribution is -2.48. The van der Waals surface area contributed by atoms with Crippen LogP contribution >= 0.6 is 0 Å². The molecule has 0 aliphatic carbocycles. The highest BCUT2D eigenvalue weighted by atomic mass is 16.1. The van der Waals surface area contributed by atoms with Gasteiger partial charge in [-0.25, -0.2) is 0 Å². The summed E-state index contributed by atoms with van der Waals surface area (Å²) in [4.78, 5) is 14.8. The highest BCUT2D eigenvalue weighted by Crippen LogP contribution is 2.22. The molecule has 116 valence electrons. The molecule has 0 amide bonds. The Morgan fingerprint density at radius 3 is 2.29 bits per heavy atom. The summed E-state index contributed by atoms with van der Waals surface area (Å²) in [6, 6.07) is 8.45. The van der Waals surface area contributed by atoms with E-state index in [2.05, 4.69) is 50.0 Å². The fraction of sp³-hybridized carbons (Fsp3) is 0.611. The highest BCUT2D eigenvalue weighted by Gasteiger charge is 2.20. The number of piperazine rings is 1. The van der Waals surface area contributed by atoms with E-state index < -0.39 is 0 Å². The van der Waals surface area contributed by atoms with Crippen molar-refractivity contribution in [3.05, 3.63) is 35.4 Å². The van der Waals surface area contributed by atoms with Crippen molar-refractivity contribution in [2.45, 2.75) is 45.6 Å². The van der Waals surface area contributed by atoms with Gasteiger partial charge < -0.3 is 5.32 Å². The molecule has 3 heteroatoms. The first kappa shape index (κ1) is 16.2. The van der Waals surface area contributed by atoms with E-state index in [-0.39, 0.29) is 11.2 Å². The van der Waals surface area contributed by atoms with E-state index in [0.29, 0.717) is 12.5 Å². The third kappa shape index (κ3) is 4.39. The van der Waals surface area contributed by atoms with Crippen LogP contribution in [0.2, 0.25) is 0 Å². The zero-order valence-corrected chi connectivity index (χ0v) is 13.8. The summed E-state index contributed by atoms with van der Waals surface area (Å²) in [5.41, 5.74) is 2.24. The zero-order valence-electron chi connectivity index (χ0n) is 13.8. The van der Waals surface area contributed by atoms with Crippen molar-refractivity contribution >= 4 is 5.78 Å². The molecule has 1 N–H and O–H groups in total. The van der Waals surface area contributed by atoms with Crippen molar-refractivity contribution in [1.82, 2.24) is 10.2 Å². The fourth-order valence-corrected chi connectivity index (χ4v) is 2.79. The van der Waals surface area contributed by atoms with Gasteiger partial charge in [-0.3, -0.25) is 9.69 Å². The Balaban J connectivity index is 1.96. The van der Waals surface area contributed by atoms with Crippen LogP contribution in [0.15, 0.2) is 24.3 Å². The molecule has 0 aromatic heterocycles. The summed E-state index contributed by atoms with van der Waals surface area (Å²) < 4.78 is 0. The molecule has 1 aromatic rings. The fourth-order valence-electron chi connectivity index (χ4n) is 2.79. The average molecular weight is 288 g/mol. The Morgan fingerprint density at radius 1 is 1.19 bits per heavy atom. The Bertz CT molecular complexity index is 467. The van der Waals surface area contributed by atoms with E-state index in [1.165, 1.54) is 5.56 Å². The molecular formula is C18H28N2O. The van der Waals surface area contributed by atoms with Gasteiger partial charge in [0.05, 0.1) is 0 Å². The van der Waals surface area contributed by atoms with Crippen molar-refractivity contribution in [3.8, 4) is 0 Å². The molecule has 0 bridgehead atoms. The molecule has 0 saturated carbocycles. The number of carbonyl (C=O) groups is 1. The maximum Gasteiger partial charge on any atom is 0.164 e. The average Bonchev–Trinajstić information content (AvgIpc) is 2.47. The van der Waals surface area contributed by atoms with Crippen LogP contribution in [-0.2, 0) is 5.41 Å². The summed E-state index contributed by atoms with van der Waals surface area (Å²) in [6.45, 7) is 12.9. The van der Waals surface area contributed by atoms with Gasteiger partial charge in [-0.15, -0.1) is 0 Å². The van der Waals surface area contributed by atoms with Gasteiger partial charge in [0, 0.05) is 44.2 Å². The highest BCUT2D eigenvalue weighted by molar-refractivity contribution is 5.96. The lowest BCUT2D eigenvalue weighted by molar-refractivity contribution is 0.0918. The van der Waals surface area contributed by atoms with Gasteiger partial charge in [-0.1, -0.05) is 45.0 Å². The van der Waals surface area contributed by atoms with Gasteiger partial charge >= 0.3 is 0 Å². The van der Waals surface area contributed by atoms with E-state index in [1.54, 1.807) is 0 Å². The Hall–Kier alpha value is -1.19. The second-order valence-corrected chi connectivity index (χ2v) is 7.09. The molecule has 21 heavy (non-hydrogen) atoms. The van der Waals surface area contributed by atoms with Crippen LogP contribution in [0.3, 0.4) is 0 Å². The number of Topliss-reactive ketones (excluding diaryl/α,β-unsaturated/α-hetero) is 1. The molecular weight excluding hydrogens is 260 g/mol. The van der Waals surface area contributed by atoms with Gasteiger partial charge in [-0.05, 0) is 17.9 Å². The maximum absolute atomic E-state index is 12.4. The van der Waals surface area contributed by atoms with E-state index in [9.17, 15) is 4.79 Å². The van der Waals surface area contributed by atoms with Gasteiger partial charge in [0.2, 0.25) is 0 Å². The molecule has 1 aliphatic heterocycles. The normalized spacial score (nSPS) is 18.5. The van der Waals surface area contributed by atoms with E-state index >= 15 is 0 Å². The molecule has 1 unspecified atom stereocenters. The van der Waals surface area contributed by atoms with Crippen LogP contribution in [-0.4, -0.2) is 42.9 Å². The SMILES string of the molecule is CC(CC(=O)c1ccc(C(C)(C)C)cc1)N1CCNCC1. The van der Waals surface area contributed by atoms with Crippen LogP contribution in [0.1, 0.15) is 50.0 Å². The predicted molar refractivity (Wildman–Crippen MR) is 88.0 cm³/mol. The first-order chi connectivity index (χ1) is 9.88. The maximum atomic E-state index is 12.4. The third-order valence-corrected chi connectivity index (χ3v) is 4.33. The predicted octanol–water partition coefficient (Wildman–Crippen LogP) is 2.85. The van der Waals surface area contributed by atoms with Crippen LogP contribution in [0.4, 0.5) is 0 Å². The van der Waals surface area contributed by atoms with Crippen molar-refractivity contribution in [2.24, 2.45) is 0 Å².